The van der Waals surface area contributed by atoms with Crippen LogP contribution in [0.4, 0.5) is 0 Å². The van der Waals surface area contributed by atoms with Crippen molar-refractivity contribution in [1.29, 1.82) is 5.26 Å². The van der Waals surface area contributed by atoms with Crippen LogP contribution in [0.1, 0.15) is 38.5 Å². The van der Waals surface area contributed by atoms with Gasteiger partial charge in [0, 0.05) is 19.6 Å². The minimum Gasteiger partial charge on any atom is -0.379 e. The molecule has 1 aliphatic rings. The predicted octanol–water partition coefficient (Wildman–Crippen LogP) is 2.28. The van der Waals surface area contributed by atoms with Crippen LogP contribution in [0.15, 0.2) is 0 Å². The van der Waals surface area contributed by atoms with Crippen LogP contribution in [-0.2, 0) is 14.2 Å². The third-order valence-electron chi connectivity index (χ3n) is 2.78. The quantitative estimate of drug-likeness (QED) is 0.581. The molecule has 0 aromatic heterocycles. The molecule has 1 rings (SSSR count). The van der Waals surface area contributed by atoms with Gasteiger partial charge in [-0.2, -0.15) is 5.26 Å². The number of nitriles is 1. The smallest absolute Gasteiger partial charge is 0.0808 e. The lowest BCUT2D eigenvalue weighted by Gasteiger charge is -2.22. The highest BCUT2D eigenvalue weighted by molar-refractivity contribution is 4.67. The number of hydrogen-bond donors (Lipinski definition) is 0. The summed E-state index contributed by atoms with van der Waals surface area (Å²) in [4.78, 5) is 0. The van der Waals surface area contributed by atoms with Crippen molar-refractivity contribution >= 4 is 0 Å². The summed E-state index contributed by atoms with van der Waals surface area (Å²) in [6, 6.07) is 2.12. The van der Waals surface area contributed by atoms with Crippen molar-refractivity contribution in [3.05, 3.63) is 0 Å². The van der Waals surface area contributed by atoms with Gasteiger partial charge in [-0.3, -0.25) is 0 Å². The lowest BCUT2D eigenvalue weighted by Crippen LogP contribution is -2.25. The van der Waals surface area contributed by atoms with Gasteiger partial charge in [0.2, 0.25) is 0 Å². The first-order valence-electron chi connectivity index (χ1n) is 6.57. The third-order valence-corrected chi connectivity index (χ3v) is 2.78. The van der Waals surface area contributed by atoms with Crippen LogP contribution in [0.5, 0.6) is 0 Å². The predicted molar refractivity (Wildman–Crippen MR) is 64.7 cm³/mol. The summed E-state index contributed by atoms with van der Waals surface area (Å²) in [6.07, 6.45) is 6.35. The van der Waals surface area contributed by atoms with Gasteiger partial charge in [0.05, 0.1) is 32.0 Å². The second-order valence-corrected chi connectivity index (χ2v) is 4.29. The van der Waals surface area contributed by atoms with E-state index in [0.717, 1.165) is 32.5 Å². The molecule has 1 unspecified atom stereocenters. The van der Waals surface area contributed by atoms with Crippen molar-refractivity contribution in [2.45, 2.75) is 44.6 Å². The number of hydrogen-bond acceptors (Lipinski definition) is 4. The fourth-order valence-electron chi connectivity index (χ4n) is 1.78. The molecular formula is C13H23NO3. The van der Waals surface area contributed by atoms with Crippen LogP contribution >= 0.6 is 0 Å². The molecule has 1 heterocycles. The lowest BCUT2D eigenvalue weighted by atomic mass is 10.1. The highest BCUT2D eigenvalue weighted by Crippen LogP contribution is 2.12. The van der Waals surface area contributed by atoms with Gasteiger partial charge in [0.25, 0.3) is 0 Å². The average molecular weight is 241 g/mol. The molecule has 1 fully saturated rings. The molecule has 4 nitrogen and oxygen atoms in total. The van der Waals surface area contributed by atoms with E-state index in [-0.39, 0.29) is 0 Å². The van der Waals surface area contributed by atoms with Gasteiger partial charge in [-0.05, 0) is 32.1 Å². The van der Waals surface area contributed by atoms with Crippen molar-refractivity contribution in [3.8, 4) is 6.07 Å². The van der Waals surface area contributed by atoms with Crippen molar-refractivity contribution < 1.29 is 14.2 Å². The maximum atomic E-state index is 8.34. The van der Waals surface area contributed by atoms with Crippen molar-refractivity contribution in [1.82, 2.24) is 0 Å². The standard InChI is InChI=1S/C13H23NO3/c14-7-3-1-4-8-15-10-11-16-12-13-6-2-5-9-17-13/h13H,1-6,8-12H2. The number of rotatable bonds is 9. The van der Waals surface area contributed by atoms with Gasteiger partial charge in [-0.1, -0.05) is 0 Å². The van der Waals surface area contributed by atoms with E-state index in [9.17, 15) is 0 Å². The highest BCUT2D eigenvalue weighted by atomic mass is 16.5. The van der Waals surface area contributed by atoms with Crippen LogP contribution in [0.3, 0.4) is 0 Å². The second-order valence-electron chi connectivity index (χ2n) is 4.29. The summed E-state index contributed by atoms with van der Waals surface area (Å²) in [5.41, 5.74) is 0. The fourth-order valence-corrected chi connectivity index (χ4v) is 1.78. The Kier molecular flexibility index (Phi) is 8.93. The molecule has 17 heavy (non-hydrogen) atoms. The van der Waals surface area contributed by atoms with Crippen LogP contribution in [-0.4, -0.2) is 39.1 Å². The largest absolute Gasteiger partial charge is 0.379 e. The molecule has 0 radical (unpaired) electrons. The first kappa shape index (κ1) is 14.4. The molecule has 4 heteroatoms. The van der Waals surface area contributed by atoms with Crippen LogP contribution in [0, 0.1) is 11.3 Å². The molecular weight excluding hydrogens is 218 g/mol. The van der Waals surface area contributed by atoms with Gasteiger partial charge in [0.1, 0.15) is 0 Å². The topological polar surface area (TPSA) is 51.5 Å². The summed E-state index contributed by atoms with van der Waals surface area (Å²) in [7, 11) is 0. The van der Waals surface area contributed by atoms with Crippen molar-refractivity contribution in [2.75, 3.05) is 33.0 Å². The Morgan fingerprint density at radius 1 is 1.12 bits per heavy atom. The Hall–Kier alpha value is -0.630. The normalized spacial score (nSPS) is 20.1. The van der Waals surface area contributed by atoms with E-state index in [2.05, 4.69) is 6.07 Å². The van der Waals surface area contributed by atoms with E-state index in [1.165, 1.54) is 12.8 Å². The van der Waals surface area contributed by atoms with E-state index in [0.29, 0.717) is 32.3 Å². The summed E-state index contributed by atoms with van der Waals surface area (Å²) < 4.78 is 16.4. The maximum absolute atomic E-state index is 8.34. The first-order chi connectivity index (χ1) is 8.43. The van der Waals surface area contributed by atoms with E-state index in [1.54, 1.807) is 0 Å². The Morgan fingerprint density at radius 2 is 2.00 bits per heavy atom. The van der Waals surface area contributed by atoms with Crippen LogP contribution in [0.25, 0.3) is 0 Å². The van der Waals surface area contributed by atoms with Crippen LogP contribution in [0.2, 0.25) is 0 Å². The Morgan fingerprint density at radius 3 is 2.76 bits per heavy atom. The van der Waals surface area contributed by atoms with E-state index in [4.69, 9.17) is 19.5 Å². The Labute approximate surface area is 104 Å². The summed E-state index contributed by atoms with van der Waals surface area (Å²) in [6.45, 7) is 3.57. The van der Waals surface area contributed by atoms with Crippen LogP contribution < -0.4 is 0 Å². The average Bonchev–Trinajstić information content (AvgIpc) is 2.38. The summed E-state index contributed by atoms with van der Waals surface area (Å²) >= 11 is 0. The summed E-state index contributed by atoms with van der Waals surface area (Å²) in [5.74, 6) is 0. The molecule has 0 amide bonds. The molecule has 1 atom stereocenters. The van der Waals surface area contributed by atoms with Gasteiger partial charge < -0.3 is 14.2 Å². The first-order valence-corrected chi connectivity index (χ1v) is 6.57. The maximum Gasteiger partial charge on any atom is 0.0808 e. The van der Waals surface area contributed by atoms with Gasteiger partial charge in [0.15, 0.2) is 0 Å². The second kappa shape index (κ2) is 10.5. The molecule has 1 aliphatic heterocycles. The van der Waals surface area contributed by atoms with Crippen molar-refractivity contribution in [2.24, 2.45) is 0 Å². The summed E-state index contributed by atoms with van der Waals surface area (Å²) in [5, 5.41) is 8.34. The Balaban J connectivity index is 1.76. The van der Waals surface area contributed by atoms with Crippen molar-refractivity contribution in [3.63, 3.8) is 0 Å². The minimum absolute atomic E-state index is 0.291. The fraction of sp³-hybridized carbons (Fsp3) is 0.923. The van der Waals surface area contributed by atoms with E-state index < -0.39 is 0 Å². The minimum atomic E-state index is 0.291. The molecule has 98 valence electrons. The SMILES string of the molecule is N#CCCCCOCCOCC1CCCCO1. The molecule has 0 saturated carbocycles. The third kappa shape index (κ3) is 8.14. The number of nitrogens with zero attached hydrogens (tertiary/aromatic N) is 1. The lowest BCUT2D eigenvalue weighted by molar-refractivity contribution is -0.0507. The zero-order valence-electron chi connectivity index (χ0n) is 10.5. The molecule has 0 N–H and O–H groups in total. The molecule has 0 bridgehead atoms. The van der Waals surface area contributed by atoms with E-state index in [1.807, 2.05) is 0 Å². The van der Waals surface area contributed by atoms with E-state index >= 15 is 0 Å². The zero-order valence-corrected chi connectivity index (χ0v) is 10.5. The monoisotopic (exact) mass is 241 g/mol. The Bertz CT molecular complexity index is 209. The number of unbranched alkanes of at least 4 members (excludes halogenated alkanes) is 2. The van der Waals surface area contributed by atoms with Gasteiger partial charge in [-0.25, -0.2) is 0 Å². The number of ether oxygens (including phenoxy) is 3. The molecule has 1 saturated heterocycles. The van der Waals surface area contributed by atoms with Gasteiger partial charge in [-0.15, -0.1) is 0 Å². The van der Waals surface area contributed by atoms with Gasteiger partial charge >= 0.3 is 0 Å². The highest BCUT2D eigenvalue weighted by Gasteiger charge is 2.13. The molecule has 0 spiro atoms. The molecule has 0 aliphatic carbocycles. The molecule has 0 aromatic rings. The zero-order chi connectivity index (χ0) is 12.2. The molecule has 0 aromatic carbocycles.